The van der Waals surface area contributed by atoms with Gasteiger partial charge in [-0.3, -0.25) is 0 Å². The lowest BCUT2D eigenvalue weighted by atomic mass is 9.65. The highest BCUT2D eigenvalue weighted by atomic mass is 19.1. The summed E-state index contributed by atoms with van der Waals surface area (Å²) in [4.78, 5) is 23.1. The number of nitrogens with one attached hydrogen (secondary N) is 1. The highest BCUT2D eigenvalue weighted by Crippen LogP contribution is 2.48. The zero-order valence-corrected chi connectivity index (χ0v) is 23.3. The molecule has 7 heteroatoms. The number of H-pyrrole nitrogens is 1. The number of benzene rings is 2. The molecule has 1 aromatic heterocycles. The third-order valence-electron chi connectivity index (χ3n) is 7.88. The van der Waals surface area contributed by atoms with Crippen molar-refractivity contribution in [2.45, 2.75) is 70.3 Å². The summed E-state index contributed by atoms with van der Waals surface area (Å²) in [5.41, 5.74) is 3.62. The number of fused-ring (bicyclic) bond motifs is 2. The molecule has 1 N–H and O–H groups in total. The second-order valence-corrected chi connectivity index (χ2v) is 11.1. The summed E-state index contributed by atoms with van der Waals surface area (Å²) in [7, 11) is 3.65. The maximum Gasteiger partial charge on any atom is 0.332 e. The lowest BCUT2D eigenvalue weighted by Crippen LogP contribution is -2.49. The number of imidazole rings is 1. The topological polar surface area (TPSA) is 67.5 Å². The van der Waals surface area contributed by atoms with Crippen LogP contribution in [0.15, 0.2) is 42.5 Å². The fourth-order valence-corrected chi connectivity index (χ4v) is 6.13. The average Bonchev–Trinajstić information content (AvgIpc) is 3.30. The van der Waals surface area contributed by atoms with Gasteiger partial charge >= 0.3 is 5.97 Å². The summed E-state index contributed by atoms with van der Waals surface area (Å²) in [5.74, 6) is 0.743. The molecule has 0 fully saturated rings. The number of nitrogens with zero attached hydrogens (tertiary/aromatic N) is 2. The van der Waals surface area contributed by atoms with Gasteiger partial charge in [0, 0.05) is 32.4 Å². The van der Waals surface area contributed by atoms with E-state index in [-0.39, 0.29) is 30.2 Å². The van der Waals surface area contributed by atoms with Crippen LogP contribution < -0.4 is 0 Å². The van der Waals surface area contributed by atoms with E-state index in [0.717, 1.165) is 73.2 Å². The molecule has 0 unspecified atom stereocenters. The second kappa shape index (κ2) is 12.9. The molecule has 0 aliphatic heterocycles. The van der Waals surface area contributed by atoms with Crippen LogP contribution in [0.4, 0.5) is 4.39 Å². The number of halogens is 1. The second-order valence-electron chi connectivity index (χ2n) is 11.1. The molecule has 0 saturated carbocycles. The minimum Gasteiger partial charge on any atom is -0.457 e. The van der Waals surface area contributed by atoms with E-state index in [4.69, 9.17) is 9.47 Å². The van der Waals surface area contributed by atoms with Crippen molar-refractivity contribution in [3.63, 3.8) is 0 Å². The van der Waals surface area contributed by atoms with Gasteiger partial charge in [0.15, 0.2) is 0 Å². The predicted octanol–water partition coefficient (Wildman–Crippen LogP) is 6.05. The largest absolute Gasteiger partial charge is 0.457 e. The number of unbranched alkanes of at least 4 members (excludes halogenated alkanes) is 2. The lowest BCUT2D eigenvalue weighted by Gasteiger charge is -2.47. The highest BCUT2D eigenvalue weighted by molar-refractivity contribution is 5.74. The number of methoxy groups -OCH3 is 1. The first kappa shape index (κ1) is 28.2. The van der Waals surface area contributed by atoms with Crippen molar-refractivity contribution in [1.29, 1.82) is 0 Å². The summed E-state index contributed by atoms with van der Waals surface area (Å²) in [5, 5.41) is 0. The summed E-state index contributed by atoms with van der Waals surface area (Å²) in [6.07, 6.45) is 6.39. The van der Waals surface area contributed by atoms with Crippen molar-refractivity contribution in [2.24, 2.45) is 5.92 Å². The van der Waals surface area contributed by atoms with Gasteiger partial charge in [-0.05, 0) is 80.6 Å². The zero-order chi connectivity index (χ0) is 27.1. The van der Waals surface area contributed by atoms with Crippen LogP contribution in [0.1, 0.15) is 68.8 Å². The van der Waals surface area contributed by atoms with Crippen molar-refractivity contribution in [3.8, 4) is 0 Å². The molecular formula is C31H42FN3O3. The molecule has 3 aromatic rings. The number of esters is 1. The minimum absolute atomic E-state index is 0.00451. The normalized spacial score (nSPS) is 19.3. The lowest BCUT2D eigenvalue weighted by molar-refractivity contribution is -0.172. The number of rotatable bonds is 13. The number of para-hydroxylation sites is 2. The molecule has 0 bridgehead atoms. The number of hydrogen-bond donors (Lipinski definition) is 1. The van der Waals surface area contributed by atoms with E-state index in [1.54, 1.807) is 6.07 Å². The molecule has 1 heterocycles. The third-order valence-corrected chi connectivity index (χ3v) is 7.88. The number of carbonyl (C=O) groups is 1. The molecule has 2 atom stereocenters. The molecule has 4 rings (SSSR count). The highest BCUT2D eigenvalue weighted by Gasteiger charge is 2.47. The Morgan fingerprint density at radius 2 is 2.00 bits per heavy atom. The number of hydrogen-bond acceptors (Lipinski definition) is 5. The number of aryl methyl sites for hydroxylation is 2. The van der Waals surface area contributed by atoms with Gasteiger partial charge in [-0.25, -0.2) is 14.2 Å². The Morgan fingerprint density at radius 1 is 1.18 bits per heavy atom. The van der Waals surface area contributed by atoms with Crippen molar-refractivity contribution in [1.82, 2.24) is 14.9 Å². The fraction of sp³-hybridized carbons (Fsp3) is 0.548. The minimum atomic E-state index is -0.635. The van der Waals surface area contributed by atoms with Crippen LogP contribution in [0.2, 0.25) is 0 Å². The van der Waals surface area contributed by atoms with E-state index >= 15 is 0 Å². The van der Waals surface area contributed by atoms with Gasteiger partial charge in [0.1, 0.15) is 23.8 Å². The first-order valence-corrected chi connectivity index (χ1v) is 13.9. The Kier molecular flexibility index (Phi) is 9.55. The molecule has 6 nitrogen and oxygen atoms in total. The van der Waals surface area contributed by atoms with Gasteiger partial charge in [0.25, 0.3) is 0 Å². The van der Waals surface area contributed by atoms with E-state index in [0.29, 0.717) is 12.8 Å². The SMILES string of the molecule is COCC(=O)O[C@]1(CCN(C)CCCCCc2nc3ccccc3[nH]2)CCc2cc(F)ccc2[C@@H]1C(C)C. The first-order chi connectivity index (χ1) is 18.3. The standard InChI is InChI=1S/C31H42FN3O3/c1-22(2)30-25-14-13-24(32)20-23(25)15-16-31(30,38-29(36)21-37-4)17-19-35(3)18-9-5-6-12-28-33-26-10-7-8-11-27(26)34-28/h7-8,10-11,13-14,20,22,30H,5-6,9,12,15-19,21H2,1-4H3,(H,33,34)/t30-,31-/m0/s1. The third kappa shape index (κ3) is 6.80. The van der Waals surface area contributed by atoms with Crippen LogP contribution in [0, 0.1) is 11.7 Å². The molecule has 38 heavy (non-hydrogen) atoms. The van der Waals surface area contributed by atoms with Crippen LogP contribution in [0.5, 0.6) is 0 Å². The van der Waals surface area contributed by atoms with Gasteiger partial charge in [-0.15, -0.1) is 0 Å². The monoisotopic (exact) mass is 523 g/mol. The van der Waals surface area contributed by atoms with Gasteiger partial charge in [0.05, 0.1) is 11.0 Å². The average molecular weight is 524 g/mol. The van der Waals surface area contributed by atoms with Gasteiger partial charge in [-0.1, -0.05) is 38.5 Å². The first-order valence-electron chi connectivity index (χ1n) is 13.9. The molecule has 1 aliphatic rings. The summed E-state index contributed by atoms with van der Waals surface area (Å²) in [6, 6.07) is 13.2. The summed E-state index contributed by atoms with van der Waals surface area (Å²) < 4.78 is 25.3. The maximum atomic E-state index is 14.0. The van der Waals surface area contributed by atoms with Crippen LogP contribution in [0.25, 0.3) is 11.0 Å². The van der Waals surface area contributed by atoms with E-state index < -0.39 is 5.60 Å². The molecule has 206 valence electrons. The van der Waals surface area contributed by atoms with Crippen molar-refractivity contribution >= 4 is 17.0 Å². The summed E-state index contributed by atoms with van der Waals surface area (Å²) >= 11 is 0. The Bertz CT molecular complexity index is 1180. The van der Waals surface area contributed by atoms with Gasteiger partial charge in [-0.2, -0.15) is 0 Å². The number of aromatic nitrogens is 2. The fourth-order valence-electron chi connectivity index (χ4n) is 6.13. The van der Waals surface area contributed by atoms with Gasteiger partial charge < -0.3 is 19.4 Å². The van der Waals surface area contributed by atoms with Crippen LogP contribution in [-0.4, -0.2) is 60.3 Å². The maximum absolute atomic E-state index is 14.0. The van der Waals surface area contributed by atoms with E-state index in [9.17, 15) is 9.18 Å². The molecule has 0 amide bonds. The molecule has 1 aliphatic carbocycles. The number of carbonyl (C=O) groups excluding carboxylic acids is 1. The number of aromatic amines is 1. The predicted molar refractivity (Wildman–Crippen MR) is 149 cm³/mol. The van der Waals surface area contributed by atoms with Crippen molar-refractivity contribution in [2.75, 3.05) is 33.9 Å². The molecule has 0 spiro atoms. The van der Waals surface area contributed by atoms with Crippen LogP contribution in [0.3, 0.4) is 0 Å². The van der Waals surface area contributed by atoms with E-state index in [2.05, 4.69) is 41.8 Å². The van der Waals surface area contributed by atoms with Crippen LogP contribution in [-0.2, 0) is 27.1 Å². The Hall–Kier alpha value is -2.77. The number of ether oxygens (including phenoxy) is 2. The van der Waals surface area contributed by atoms with Crippen molar-refractivity contribution in [3.05, 3.63) is 65.2 Å². The van der Waals surface area contributed by atoms with E-state index in [1.165, 1.54) is 13.2 Å². The molecule has 0 radical (unpaired) electrons. The van der Waals surface area contributed by atoms with Gasteiger partial charge in [0.2, 0.25) is 0 Å². The Balaban J connectivity index is 1.34. The smallest absolute Gasteiger partial charge is 0.332 e. The quantitative estimate of drug-likeness (QED) is 0.218. The van der Waals surface area contributed by atoms with E-state index in [1.807, 2.05) is 24.3 Å². The van der Waals surface area contributed by atoms with Crippen molar-refractivity contribution < 1.29 is 18.7 Å². The van der Waals surface area contributed by atoms with Crippen LogP contribution >= 0.6 is 0 Å². The Labute approximate surface area is 225 Å². The molecular weight excluding hydrogens is 481 g/mol. The Morgan fingerprint density at radius 3 is 2.76 bits per heavy atom. The molecule has 0 saturated heterocycles. The zero-order valence-electron chi connectivity index (χ0n) is 23.3. The summed E-state index contributed by atoms with van der Waals surface area (Å²) in [6.45, 7) is 6.06. The molecule has 2 aromatic carbocycles.